The van der Waals surface area contributed by atoms with Crippen LogP contribution in [0, 0.1) is 41.8 Å². The fourth-order valence-electron chi connectivity index (χ4n) is 3.42. The van der Waals surface area contributed by atoms with Crippen LogP contribution in [0.3, 0.4) is 0 Å². The molecule has 9 heteroatoms. The smallest absolute Gasteiger partial charge is 0.426 e. The zero-order valence-electron chi connectivity index (χ0n) is 21.8. The second kappa shape index (κ2) is 13.3. The summed E-state index contributed by atoms with van der Waals surface area (Å²) in [5, 5.41) is 0. The van der Waals surface area contributed by atoms with Crippen LogP contribution >= 0.6 is 0 Å². The number of ether oxygens (including phenoxy) is 1. The van der Waals surface area contributed by atoms with Crippen molar-refractivity contribution in [2.24, 2.45) is 0 Å². The van der Waals surface area contributed by atoms with Crippen LogP contribution in [0.15, 0.2) is 66.7 Å². The molecule has 4 rings (SSSR count). The molecule has 0 saturated carbocycles. The summed E-state index contributed by atoms with van der Waals surface area (Å²) in [6, 6.07) is 10.5. The highest BCUT2D eigenvalue weighted by molar-refractivity contribution is 5.66. The maximum Gasteiger partial charge on any atom is 0.426 e. The van der Waals surface area contributed by atoms with Crippen molar-refractivity contribution in [3.05, 3.63) is 113 Å². The molecule has 0 amide bonds. The largest absolute Gasteiger partial charge is 0.429 e. The minimum atomic E-state index is -3.95. The van der Waals surface area contributed by atoms with Crippen molar-refractivity contribution in [3.63, 3.8) is 0 Å². The topological polar surface area (TPSA) is 9.23 Å². The standard InChI is InChI=1S/C26H14F8O.2C2H6/c1-13-2-8-19(24(31)23(13)30)14-3-5-16(6-4-14)26(33,34)35-17-7-9-18(20(27)12-17)15-10-21(28)25(32)22(29)11-15;2*1-2/h2-12H,1H3;2*1-2H3. The molecule has 0 unspecified atom stereocenters. The number of halogens is 8. The van der Waals surface area contributed by atoms with E-state index in [1.165, 1.54) is 19.1 Å². The molecule has 0 atom stereocenters. The summed E-state index contributed by atoms with van der Waals surface area (Å²) in [4.78, 5) is 0. The SMILES string of the molecule is CC.CC.Cc1ccc(-c2ccc(C(F)(F)Oc3ccc(-c4cc(F)c(F)c(F)c4)c(F)c3)cc2)c(F)c1F. The van der Waals surface area contributed by atoms with Crippen molar-refractivity contribution in [2.45, 2.75) is 40.7 Å². The molecule has 0 aliphatic carbocycles. The van der Waals surface area contributed by atoms with Crippen molar-refractivity contribution in [1.29, 1.82) is 0 Å². The van der Waals surface area contributed by atoms with Gasteiger partial charge in [-0.2, -0.15) is 8.78 Å². The predicted octanol–water partition coefficient (Wildman–Crippen LogP) is 10.3. The molecule has 208 valence electrons. The molecule has 0 bridgehead atoms. The molecule has 0 aliphatic heterocycles. The monoisotopic (exact) mass is 554 g/mol. The van der Waals surface area contributed by atoms with E-state index < -0.39 is 52.3 Å². The lowest BCUT2D eigenvalue weighted by Gasteiger charge is -2.19. The summed E-state index contributed by atoms with van der Waals surface area (Å²) >= 11 is 0. The van der Waals surface area contributed by atoms with Crippen LogP contribution in [0.5, 0.6) is 5.75 Å². The van der Waals surface area contributed by atoms with E-state index in [1.807, 2.05) is 27.7 Å². The quantitative estimate of drug-likeness (QED) is 0.176. The average Bonchev–Trinajstić information content (AvgIpc) is 2.92. The molecule has 39 heavy (non-hydrogen) atoms. The van der Waals surface area contributed by atoms with Gasteiger partial charge in [-0.05, 0) is 60.0 Å². The summed E-state index contributed by atoms with van der Waals surface area (Å²) in [6.07, 6.45) is -3.95. The van der Waals surface area contributed by atoms with Crippen molar-refractivity contribution < 1.29 is 39.9 Å². The first-order valence-corrected chi connectivity index (χ1v) is 12.0. The van der Waals surface area contributed by atoms with Gasteiger partial charge in [0.05, 0.1) is 5.56 Å². The van der Waals surface area contributed by atoms with Gasteiger partial charge < -0.3 is 4.74 Å². The molecule has 0 radical (unpaired) electrons. The maximum absolute atomic E-state index is 14.7. The lowest BCUT2D eigenvalue weighted by atomic mass is 10.0. The third-order valence-electron chi connectivity index (χ3n) is 5.29. The normalized spacial score (nSPS) is 10.7. The Kier molecular flexibility index (Phi) is 10.7. The van der Waals surface area contributed by atoms with E-state index in [-0.39, 0.29) is 27.8 Å². The number of benzene rings is 4. The molecule has 0 spiro atoms. The summed E-state index contributed by atoms with van der Waals surface area (Å²) in [5.74, 6) is -8.71. The van der Waals surface area contributed by atoms with Gasteiger partial charge in [0.15, 0.2) is 29.1 Å². The molecule has 0 saturated heterocycles. The molecule has 0 fully saturated rings. The van der Waals surface area contributed by atoms with E-state index >= 15 is 0 Å². The van der Waals surface area contributed by atoms with Crippen LogP contribution < -0.4 is 4.74 Å². The highest BCUT2D eigenvalue weighted by atomic mass is 19.3. The average molecular weight is 555 g/mol. The summed E-state index contributed by atoms with van der Waals surface area (Å²) in [6.45, 7) is 9.38. The lowest BCUT2D eigenvalue weighted by Crippen LogP contribution is -2.21. The highest BCUT2D eigenvalue weighted by Crippen LogP contribution is 2.36. The van der Waals surface area contributed by atoms with Crippen LogP contribution in [0.1, 0.15) is 38.8 Å². The van der Waals surface area contributed by atoms with E-state index in [9.17, 15) is 35.1 Å². The molecule has 0 heterocycles. The van der Waals surface area contributed by atoms with Crippen LogP contribution in [-0.4, -0.2) is 0 Å². The fraction of sp³-hybridized carbons (Fsp3) is 0.200. The van der Waals surface area contributed by atoms with Crippen molar-refractivity contribution in [1.82, 2.24) is 0 Å². The van der Waals surface area contributed by atoms with Gasteiger partial charge in [-0.25, -0.2) is 26.3 Å². The summed E-state index contributed by atoms with van der Waals surface area (Å²) < 4.78 is 116. The van der Waals surface area contributed by atoms with Crippen LogP contribution in [0.25, 0.3) is 22.3 Å². The van der Waals surface area contributed by atoms with Crippen LogP contribution in [-0.2, 0) is 6.11 Å². The van der Waals surface area contributed by atoms with E-state index in [2.05, 4.69) is 4.74 Å². The minimum absolute atomic E-state index is 0.0933. The number of hydrogen-bond donors (Lipinski definition) is 0. The molecule has 0 aliphatic rings. The molecule has 4 aromatic rings. The Morgan fingerprint density at radius 1 is 0.538 bits per heavy atom. The van der Waals surface area contributed by atoms with Crippen molar-refractivity contribution in [2.75, 3.05) is 0 Å². The molecular weight excluding hydrogens is 528 g/mol. The Labute approximate surface area is 221 Å². The predicted molar refractivity (Wildman–Crippen MR) is 135 cm³/mol. The van der Waals surface area contributed by atoms with Crippen molar-refractivity contribution >= 4 is 0 Å². The van der Waals surface area contributed by atoms with E-state index in [0.29, 0.717) is 18.2 Å². The second-order valence-corrected chi connectivity index (χ2v) is 7.65. The summed E-state index contributed by atoms with van der Waals surface area (Å²) in [7, 11) is 0. The molecule has 0 aromatic heterocycles. The summed E-state index contributed by atoms with van der Waals surface area (Å²) in [5.41, 5.74) is -1.23. The Morgan fingerprint density at radius 3 is 1.62 bits per heavy atom. The first kappa shape index (κ1) is 31.3. The number of alkyl halides is 2. The van der Waals surface area contributed by atoms with Gasteiger partial charge in [-0.15, -0.1) is 0 Å². The van der Waals surface area contributed by atoms with Gasteiger partial charge in [0.2, 0.25) is 0 Å². The minimum Gasteiger partial charge on any atom is -0.429 e. The lowest BCUT2D eigenvalue weighted by molar-refractivity contribution is -0.185. The van der Waals surface area contributed by atoms with Gasteiger partial charge in [0, 0.05) is 17.2 Å². The Bertz CT molecular complexity index is 1390. The Balaban J connectivity index is 0.00000127. The Morgan fingerprint density at radius 2 is 1.08 bits per heavy atom. The van der Waals surface area contributed by atoms with E-state index in [1.54, 1.807) is 0 Å². The molecular formula is C30H26F8O. The zero-order chi connectivity index (χ0) is 29.5. The third kappa shape index (κ3) is 6.96. The Hall–Kier alpha value is -3.88. The highest BCUT2D eigenvalue weighted by Gasteiger charge is 2.35. The zero-order valence-corrected chi connectivity index (χ0v) is 21.8. The number of rotatable bonds is 5. The fourth-order valence-corrected chi connectivity index (χ4v) is 3.42. The van der Waals surface area contributed by atoms with Gasteiger partial charge in [-0.1, -0.05) is 52.0 Å². The first-order valence-electron chi connectivity index (χ1n) is 12.0. The van der Waals surface area contributed by atoms with E-state index in [0.717, 1.165) is 36.4 Å². The first-order chi connectivity index (χ1) is 18.5. The maximum atomic E-state index is 14.7. The van der Waals surface area contributed by atoms with Crippen LogP contribution in [0.4, 0.5) is 35.1 Å². The van der Waals surface area contributed by atoms with Gasteiger partial charge in [-0.3, -0.25) is 0 Å². The van der Waals surface area contributed by atoms with Gasteiger partial charge >= 0.3 is 6.11 Å². The number of hydrogen-bond acceptors (Lipinski definition) is 1. The molecule has 1 nitrogen and oxygen atoms in total. The van der Waals surface area contributed by atoms with Crippen LogP contribution in [0.2, 0.25) is 0 Å². The van der Waals surface area contributed by atoms with E-state index in [4.69, 9.17) is 0 Å². The van der Waals surface area contributed by atoms with Gasteiger partial charge in [0.1, 0.15) is 11.6 Å². The number of aryl methyl sites for hydroxylation is 1. The van der Waals surface area contributed by atoms with Crippen molar-refractivity contribution in [3.8, 4) is 28.0 Å². The molecule has 4 aromatic carbocycles. The second-order valence-electron chi connectivity index (χ2n) is 7.65. The van der Waals surface area contributed by atoms with Gasteiger partial charge in [0.25, 0.3) is 0 Å². The molecule has 0 N–H and O–H groups in total. The third-order valence-corrected chi connectivity index (χ3v) is 5.29.